The fraction of sp³-hybridized carbons (Fsp3) is 0.286. The predicted molar refractivity (Wildman–Crippen MR) is 125 cm³/mol. The molecule has 3 heterocycles. The number of carbonyl (C=O) groups is 1. The van der Waals surface area contributed by atoms with Crippen molar-refractivity contribution >= 4 is 50.8 Å². The fourth-order valence-electron chi connectivity index (χ4n) is 3.58. The SMILES string of the molecule is CC(=O)N(c1nc(Cn2c(Cl)nc3c2c(=O)n(C)c(=O)n3C)cs1)c1cccc(C)c1C. The molecule has 32 heavy (non-hydrogen) atoms. The Morgan fingerprint density at radius 3 is 2.56 bits per heavy atom. The third-order valence-corrected chi connectivity index (χ3v) is 6.65. The Morgan fingerprint density at radius 2 is 1.88 bits per heavy atom. The van der Waals surface area contributed by atoms with E-state index in [4.69, 9.17) is 11.6 Å². The molecule has 0 N–H and O–H groups in total. The molecule has 0 aliphatic rings. The van der Waals surface area contributed by atoms with Gasteiger partial charge in [0.1, 0.15) is 0 Å². The van der Waals surface area contributed by atoms with Crippen molar-refractivity contribution < 1.29 is 4.79 Å². The van der Waals surface area contributed by atoms with Gasteiger partial charge in [0.25, 0.3) is 5.56 Å². The van der Waals surface area contributed by atoms with Crippen LogP contribution in [0.1, 0.15) is 23.7 Å². The summed E-state index contributed by atoms with van der Waals surface area (Å²) in [6.07, 6.45) is 0. The van der Waals surface area contributed by atoms with E-state index < -0.39 is 11.2 Å². The zero-order valence-electron chi connectivity index (χ0n) is 18.2. The van der Waals surface area contributed by atoms with E-state index >= 15 is 0 Å². The number of anilines is 2. The van der Waals surface area contributed by atoms with Gasteiger partial charge in [-0.1, -0.05) is 12.1 Å². The second kappa shape index (κ2) is 8.03. The summed E-state index contributed by atoms with van der Waals surface area (Å²) in [6, 6.07) is 5.78. The largest absolute Gasteiger partial charge is 0.332 e. The molecule has 166 valence electrons. The lowest BCUT2D eigenvalue weighted by molar-refractivity contribution is -0.115. The first kappa shape index (κ1) is 22.0. The molecule has 0 bridgehead atoms. The highest BCUT2D eigenvalue weighted by atomic mass is 35.5. The van der Waals surface area contributed by atoms with Crippen LogP contribution < -0.4 is 16.1 Å². The third-order valence-electron chi connectivity index (χ3n) is 5.48. The van der Waals surface area contributed by atoms with Crippen molar-refractivity contribution in [1.82, 2.24) is 23.7 Å². The number of aryl methyl sites for hydroxylation is 2. The van der Waals surface area contributed by atoms with Gasteiger partial charge in [0.2, 0.25) is 11.2 Å². The van der Waals surface area contributed by atoms with Gasteiger partial charge in [-0.3, -0.25) is 23.6 Å². The molecule has 0 aliphatic heterocycles. The quantitative estimate of drug-likeness (QED) is 0.425. The van der Waals surface area contributed by atoms with Gasteiger partial charge in [-0.25, -0.2) is 9.78 Å². The smallest absolute Gasteiger partial charge is 0.303 e. The Balaban J connectivity index is 1.79. The predicted octanol–water partition coefficient (Wildman–Crippen LogP) is 2.89. The summed E-state index contributed by atoms with van der Waals surface area (Å²) in [5.41, 5.74) is 2.90. The Labute approximate surface area is 192 Å². The number of amides is 1. The minimum absolute atomic E-state index is 0.0748. The second-order valence-electron chi connectivity index (χ2n) is 7.54. The molecule has 9 nitrogen and oxygen atoms in total. The molecule has 0 aliphatic carbocycles. The first-order valence-corrected chi connectivity index (χ1v) is 11.0. The van der Waals surface area contributed by atoms with Crippen molar-refractivity contribution in [2.75, 3.05) is 4.90 Å². The van der Waals surface area contributed by atoms with E-state index in [1.54, 1.807) is 4.90 Å². The zero-order chi connectivity index (χ0) is 23.3. The molecule has 0 spiro atoms. The van der Waals surface area contributed by atoms with E-state index in [9.17, 15) is 14.4 Å². The van der Waals surface area contributed by atoms with Crippen LogP contribution >= 0.6 is 22.9 Å². The van der Waals surface area contributed by atoms with E-state index in [0.29, 0.717) is 10.8 Å². The van der Waals surface area contributed by atoms with Crippen LogP contribution in [0.5, 0.6) is 0 Å². The van der Waals surface area contributed by atoms with E-state index in [1.807, 2.05) is 37.4 Å². The number of benzene rings is 1. The minimum Gasteiger partial charge on any atom is -0.303 e. The number of hydrogen-bond acceptors (Lipinski definition) is 6. The maximum absolute atomic E-state index is 12.7. The molecule has 1 aromatic carbocycles. The molecular formula is C21H21ClN6O3S. The number of hydrogen-bond donors (Lipinski definition) is 0. The van der Waals surface area contributed by atoms with Gasteiger partial charge in [0.15, 0.2) is 16.3 Å². The zero-order valence-corrected chi connectivity index (χ0v) is 19.8. The highest BCUT2D eigenvalue weighted by Gasteiger charge is 2.22. The van der Waals surface area contributed by atoms with E-state index in [1.165, 1.54) is 41.5 Å². The van der Waals surface area contributed by atoms with Gasteiger partial charge in [-0.2, -0.15) is 4.98 Å². The fourth-order valence-corrected chi connectivity index (χ4v) is 4.68. The normalized spacial score (nSPS) is 11.3. The molecule has 11 heteroatoms. The lowest BCUT2D eigenvalue weighted by Crippen LogP contribution is -2.37. The summed E-state index contributed by atoms with van der Waals surface area (Å²) in [4.78, 5) is 47.8. The molecule has 0 unspecified atom stereocenters. The van der Waals surface area contributed by atoms with Crippen molar-refractivity contribution in [2.45, 2.75) is 27.3 Å². The first-order chi connectivity index (χ1) is 15.1. The molecule has 0 saturated heterocycles. The molecule has 0 radical (unpaired) electrons. The van der Waals surface area contributed by atoms with Crippen molar-refractivity contribution in [3.8, 4) is 0 Å². The summed E-state index contributed by atoms with van der Waals surface area (Å²) in [7, 11) is 2.94. The number of fused-ring (bicyclic) bond motifs is 1. The van der Waals surface area contributed by atoms with Crippen LogP contribution in [-0.4, -0.2) is 29.6 Å². The van der Waals surface area contributed by atoms with Crippen LogP contribution in [0.15, 0.2) is 33.2 Å². The van der Waals surface area contributed by atoms with E-state index in [2.05, 4.69) is 9.97 Å². The second-order valence-corrected chi connectivity index (χ2v) is 8.71. The summed E-state index contributed by atoms with van der Waals surface area (Å²) >= 11 is 7.64. The Bertz CT molecular complexity index is 1500. The molecule has 1 amide bonds. The lowest BCUT2D eigenvalue weighted by atomic mass is 10.1. The molecular weight excluding hydrogens is 452 g/mol. The van der Waals surface area contributed by atoms with Gasteiger partial charge in [0, 0.05) is 26.4 Å². The van der Waals surface area contributed by atoms with E-state index in [-0.39, 0.29) is 28.9 Å². The number of aromatic nitrogens is 5. The van der Waals surface area contributed by atoms with Crippen molar-refractivity contribution in [1.29, 1.82) is 0 Å². The molecule has 3 aromatic heterocycles. The summed E-state index contributed by atoms with van der Waals surface area (Å²) in [5.74, 6) is -0.158. The maximum Gasteiger partial charge on any atom is 0.332 e. The third kappa shape index (κ3) is 3.45. The number of halogens is 1. The Morgan fingerprint density at radius 1 is 1.16 bits per heavy atom. The average Bonchev–Trinajstić information content (AvgIpc) is 3.33. The summed E-state index contributed by atoms with van der Waals surface area (Å²) in [5, 5.41) is 2.40. The van der Waals surface area contributed by atoms with Crippen LogP contribution in [0.3, 0.4) is 0 Å². The Kier molecular flexibility index (Phi) is 5.51. The standard InChI is InChI=1S/C21H21ClN6O3S/c1-11-7-6-8-15(12(11)2)28(13(3)29)20-23-14(10-32-20)9-27-16-17(24-19(27)22)25(4)21(31)26(5)18(16)30/h6-8,10H,9H2,1-5H3. The maximum atomic E-state index is 12.7. The van der Waals surface area contributed by atoms with Crippen LogP contribution in [0.2, 0.25) is 5.28 Å². The van der Waals surface area contributed by atoms with Crippen LogP contribution in [-0.2, 0) is 25.4 Å². The van der Waals surface area contributed by atoms with Crippen molar-refractivity contribution in [2.24, 2.45) is 14.1 Å². The van der Waals surface area contributed by atoms with Crippen molar-refractivity contribution in [3.63, 3.8) is 0 Å². The minimum atomic E-state index is -0.487. The van der Waals surface area contributed by atoms with Gasteiger partial charge in [-0.15, -0.1) is 11.3 Å². The number of thiazole rings is 1. The highest BCUT2D eigenvalue weighted by molar-refractivity contribution is 7.14. The van der Waals surface area contributed by atoms with Crippen LogP contribution in [0, 0.1) is 13.8 Å². The van der Waals surface area contributed by atoms with Gasteiger partial charge in [0.05, 0.1) is 17.9 Å². The molecule has 0 saturated carbocycles. The molecule has 0 fully saturated rings. The lowest BCUT2D eigenvalue weighted by Gasteiger charge is -2.21. The average molecular weight is 473 g/mol. The monoisotopic (exact) mass is 472 g/mol. The number of rotatable bonds is 4. The van der Waals surface area contributed by atoms with E-state index in [0.717, 1.165) is 21.4 Å². The topological polar surface area (TPSA) is 95.0 Å². The molecule has 0 atom stereocenters. The summed E-state index contributed by atoms with van der Waals surface area (Å²) in [6.45, 7) is 5.61. The van der Waals surface area contributed by atoms with Crippen LogP contribution in [0.4, 0.5) is 10.8 Å². The molecule has 4 rings (SSSR count). The highest BCUT2D eigenvalue weighted by Crippen LogP contribution is 2.33. The Hall–Kier alpha value is -3.24. The molecule has 4 aromatic rings. The van der Waals surface area contributed by atoms with Crippen molar-refractivity contribution in [3.05, 3.63) is 66.5 Å². The van der Waals surface area contributed by atoms with Gasteiger partial charge in [-0.05, 0) is 42.6 Å². The van der Waals surface area contributed by atoms with Gasteiger partial charge >= 0.3 is 5.69 Å². The van der Waals surface area contributed by atoms with Crippen LogP contribution in [0.25, 0.3) is 11.2 Å². The number of carbonyl (C=O) groups excluding carboxylic acids is 1. The van der Waals surface area contributed by atoms with Gasteiger partial charge < -0.3 is 4.57 Å². The summed E-state index contributed by atoms with van der Waals surface area (Å²) < 4.78 is 3.82. The first-order valence-electron chi connectivity index (χ1n) is 9.74. The number of nitrogens with zero attached hydrogens (tertiary/aromatic N) is 6. The number of imidazole rings is 1.